The highest BCUT2D eigenvalue weighted by atomic mass is 31.2. The van der Waals surface area contributed by atoms with Crippen molar-refractivity contribution in [3.8, 4) is 0 Å². The third-order valence-corrected chi connectivity index (χ3v) is 11.6. The first kappa shape index (κ1) is 27.3. The van der Waals surface area contributed by atoms with Crippen LogP contribution in [0.25, 0.3) is 43.6 Å². The summed E-state index contributed by atoms with van der Waals surface area (Å²) in [5.74, 6) is 0.627. The van der Waals surface area contributed by atoms with Gasteiger partial charge in [-0.2, -0.15) is 0 Å². The van der Waals surface area contributed by atoms with Crippen molar-refractivity contribution in [2.75, 3.05) is 4.90 Å². The SMILES string of the molecule is O=P(c1ccc(N(c2ccccc2)c2ccccc2)nn1)(n1c2ccccc2c2ccccc21)n1c2ccccc2c2ccccc21. The minimum atomic E-state index is -3.82. The van der Waals surface area contributed by atoms with Crippen LogP contribution in [0.2, 0.25) is 0 Å². The summed E-state index contributed by atoms with van der Waals surface area (Å²) in [6.07, 6.45) is 0. The van der Waals surface area contributed by atoms with Gasteiger partial charge in [-0.1, -0.05) is 109 Å². The number of rotatable bonds is 6. The van der Waals surface area contributed by atoms with Crippen LogP contribution >= 0.6 is 7.44 Å². The number of para-hydroxylation sites is 6. The maximum absolute atomic E-state index is 16.6. The van der Waals surface area contributed by atoms with Crippen molar-refractivity contribution in [3.05, 3.63) is 170 Å². The van der Waals surface area contributed by atoms with E-state index < -0.39 is 7.44 Å². The van der Waals surface area contributed by atoms with Crippen molar-refractivity contribution >= 4 is 73.7 Å². The fourth-order valence-electron chi connectivity index (χ4n) is 6.84. The number of hydrogen-bond donors (Lipinski definition) is 0. The number of aromatic nitrogens is 4. The van der Waals surface area contributed by atoms with E-state index in [0.717, 1.165) is 55.0 Å². The molecule has 0 amide bonds. The molecule has 0 unspecified atom stereocenters. The molecule has 6 nitrogen and oxygen atoms in total. The number of benzene rings is 6. The summed E-state index contributed by atoms with van der Waals surface area (Å²) in [7, 11) is -3.82. The van der Waals surface area contributed by atoms with Gasteiger partial charge in [-0.3, -0.25) is 18.1 Å². The van der Waals surface area contributed by atoms with Crippen LogP contribution in [-0.2, 0) is 4.57 Å². The molecule has 0 aliphatic heterocycles. The maximum atomic E-state index is 16.6. The van der Waals surface area contributed by atoms with Crippen LogP contribution in [-0.4, -0.2) is 18.9 Å². The fourth-order valence-corrected chi connectivity index (χ4v) is 9.73. The second-order valence-electron chi connectivity index (χ2n) is 11.5. The Labute approximate surface area is 271 Å². The second kappa shape index (κ2) is 10.8. The van der Waals surface area contributed by atoms with E-state index >= 15 is 4.57 Å². The van der Waals surface area contributed by atoms with Gasteiger partial charge in [-0.15, -0.1) is 10.2 Å². The Kier molecular flexibility index (Phi) is 6.30. The lowest BCUT2D eigenvalue weighted by molar-refractivity contribution is 0.572. The summed E-state index contributed by atoms with van der Waals surface area (Å²) in [6.45, 7) is 0. The maximum Gasteiger partial charge on any atom is 0.321 e. The van der Waals surface area contributed by atoms with E-state index in [1.165, 1.54) is 0 Å². The highest BCUT2D eigenvalue weighted by Crippen LogP contribution is 2.56. The summed E-state index contributed by atoms with van der Waals surface area (Å²) in [5, 5.41) is 13.8. The standard InChI is InChI=1S/C40H28N5OP/c46-47(44-35-23-11-7-19-31(35)32-20-8-12-24-36(32)44,45-37-25-13-9-21-33(37)34-22-10-14-26-38(34)45)40-28-27-39(41-42-40)43(29-15-3-1-4-16-29)30-17-5-2-6-18-30/h1-28H. The molecule has 0 saturated carbocycles. The number of nitrogens with zero attached hydrogens (tertiary/aromatic N) is 5. The van der Waals surface area contributed by atoms with Gasteiger partial charge in [0.05, 0.1) is 22.1 Å². The molecular formula is C40H28N5OP. The average Bonchev–Trinajstić information content (AvgIpc) is 3.67. The monoisotopic (exact) mass is 625 g/mol. The molecule has 0 aliphatic carbocycles. The van der Waals surface area contributed by atoms with Gasteiger partial charge in [0.1, 0.15) is 0 Å². The minimum Gasteiger partial charge on any atom is -0.294 e. The zero-order valence-corrected chi connectivity index (χ0v) is 26.2. The smallest absolute Gasteiger partial charge is 0.294 e. The largest absolute Gasteiger partial charge is 0.321 e. The summed E-state index contributed by atoms with van der Waals surface area (Å²) >= 11 is 0. The molecule has 224 valence electrons. The van der Waals surface area contributed by atoms with Crippen molar-refractivity contribution in [1.29, 1.82) is 0 Å². The molecule has 0 spiro atoms. The van der Waals surface area contributed by atoms with E-state index in [-0.39, 0.29) is 0 Å². The normalized spacial score (nSPS) is 11.9. The van der Waals surface area contributed by atoms with Crippen LogP contribution in [0.5, 0.6) is 0 Å². The van der Waals surface area contributed by atoms with Gasteiger partial charge in [-0.25, -0.2) is 0 Å². The van der Waals surface area contributed by atoms with Crippen molar-refractivity contribution in [2.24, 2.45) is 0 Å². The molecule has 6 aromatic carbocycles. The van der Waals surface area contributed by atoms with Gasteiger partial charge < -0.3 is 0 Å². The van der Waals surface area contributed by atoms with E-state index in [4.69, 9.17) is 10.2 Å². The lowest BCUT2D eigenvalue weighted by atomic mass is 10.2. The molecule has 0 saturated heterocycles. The molecule has 0 fully saturated rings. The van der Waals surface area contributed by atoms with Crippen molar-refractivity contribution in [1.82, 2.24) is 18.9 Å². The van der Waals surface area contributed by atoms with E-state index in [0.29, 0.717) is 11.3 Å². The first-order chi connectivity index (χ1) is 23.2. The Morgan fingerprint density at radius 3 is 1.13 bits per heavy atom. The first-order valence-corrected chi connectivity index (χ1v) is 17.2. The summed E-state index contributed by atoms with van der Waals surface area (Å²) in [6, 6.07) is 56.7. The molecule has 0 atom stereocenters. The number of hydrogen-bond acceptors (Lipinski definition) is 4. The molecule has 3 aromatic heterocycles. The van der Waals surface area contributed by atoms with Crippen LogP contribution in [0.3, 0.4) is 0 Å². The second-order valence-corrected chi connectivity index (χ2v) is 13.8. The Hall–Kier alpha value is -5.97. The summed E-state index contributed by atoms with van der Waals surface area (Å²) < 4.78 is 20.6. The first-order valence-electron chi connectivity index (χ1n) is 15.6. The third-order valence-electron chi connectivity index (χ3n) is 8.84. The van der Waals surface area contributed by atoms with Gasteiger partial charge in [0.2, 0.25) is 0 Å². The van der Waals surface area contributed by atoms with Crippen molar-refractivity contribution in [3.63, 3.8) is 0 Å². The lowest BCUT2D eigenvalue weighted by Gasteiger charge is -2.26. The van der Waals surface area contributed by atoms with E-state index in [1.807, 2.05) is 154 Å². The molecule has 0 radical (unpaired) electrons. The Morgan fingerprint density at radius 2 is 0.766 bits per heavy atom. The van der Waals surface area contributed by atoms with Crippen molar-refractivity contribution < 1.29 is 4.57 Å². The Morgan fingerprint density at radius 1 is 0.404 bits per heavy atom. The van der Waals surface area contributed by atoms with E-state index in [2.05, 4.69) is 29.2 Å². The van der Waals surface area contributed by atoms with Crippen LogP contribution in [0.15, 0.2) is 170 Å². The van der Waals surface area contributed by atoms with Crippen LogP contribution in [0, 0.1) is 0 Å². The number of fused-ring (bicyclic) bond motifs is 6. The van der Waals surface area contributed by atoms with Gasteiger partial charge in [-0.05, 0) is 60.7 Å². The molecule has 9 aromatic rings. The van der Waals surface area contributed by atoms with E-state index in [1.54, 1.807) is 0 Å². The van der Waals surface area contributed by atoms with Crippen LogP contribution in [0.4, 0.5) is 17.2 Å². The Balaban J connectivity index is 1.36. The van der Waals surface area contributed by atoms with Gasteiger partial charge >= 0.3 is 7.44 Å². The van der Waals surface area contributed by atoms with E-state index in [9.17, 15) is 0 Å². The topological polar surface area (TPSA) is 56.0 Å². The van der Waals surface area contributed by atoms with Gasteiger partial charge in [0, 0.05) is 32.9 Å². The molecule has 0 aliphatic rings. The molecule has 7 heteroatoms. The molecule has 0 N–H and O–H groups in total. The van der Waals surface area contributed by atoms with Gasteiger partial charge in [0.15, 0.2) is 11.3 Å². The molecular weight excluding hydrogens is 597 g/mol. The minimum absolute atomic E-state index is 0.389. The highest BCUT2D eigenvalue weighted by molar-refractivity contribution is 7.69. The average molecular weight is 626 g/mol. The zero-order valence-electron chi connectivity index (χ0n) is 25.3. The molecule has 9 rings (SSSR count). The quantitative estimate of drug-likeness (QED) is 0.173. The Bertz CT molecular complexity index is 2350. The third kappa shape index (κ3) is 4.16. The predicted octanol–water partition coefficient (Wildman–Crippen LogP) is 10.1. The zero-order chi connectivity index (χ0) is 31.4. The lowest BCUT2D eigenvalue weighted by Crippen LogP contribution is -2.23. The predicted molar refractivity (Wildman–Crippen MR) is 194 cm³/mol. The number of anilines is 3. The summed E-state index contributed by atoms with van der Waals surface area (Å²) in [4.78, 5) is 2.06. The van der Waals surface area contributed by atoms with Crippen LogP contribution in [0.1, 0.15) is 0 Å². The highest BCUT2D eigenvalue weighted by Gasteiger charge is 2.38. The fraction of sp³-hybridized carbons (Fsp3) is 0. The van der Waals surface area contributed by atoms with Crippen molar-refractivity contribution in [2.45, 2.75) is 0 Å². The van der Waals surface area contributed by atoms with Crippen LogP contribution < -0.4 is 10.3 Å². The summed E-state index contributed by atoms with van der Waals surface area (Å²) in [5.41, 5.74) is 5.79. The molecule has 47 heavy (non-hydrogen) atoms. The molecule has 0 bridgehead atoms. The van der Waals surface area contributed by atoms with Gasteiger partial charge in [0.25, 0.3) is 0 Å². The molecule has 3 heterocycles.